The molecule has 3 N–H and O–H groups in total. The highest BCUT2D eigenvalue weighted by Crippen LogP contribution is 2.34. The van der Waals surface area contributed by atoms with Gasteiger partial charge in [-0.2, -0.15) is 0 Å². The third-order valence-corrected chi connectivity index (χ3v) is 5.44. The predicted octanol–water partition coefficient (Wildman–Crippen LogP) is 3.01. The highest BCUT2D eigenvalue weighted by molar-refractivity contribution is 5.80. The second kappa shape index (κ2) is 7.65. The zero-order chi connectivity index (χ0) is 18.7. The van der Waals surface area contributed by atoms with Gasteiger partial charge in [0.15, 0.2) is 11.5 Å². The van der Waals surface area contributed by atoms with Crippen molar-refractivity contribution in [3.8, 4) is 11.5 Å². The van der Waals surface area contributed by atoms with Gasteiger partial charge in [0, 0.05) is 17.5 Å². The van der Waals surface area contributed by atoms with Crippen LogP contribution >= 0.6 is 0 Å². The number of benzene rings is 1. The van der Waals surface area contributed by atoms with Gasteiger partial charge in [-0.05, 0) is 37.5 Å². The molecule has 0 radical (unpaired) electrons. The molecule has 0 spiro atoms. The molecule has 5 heteroatoms. The van der Waals surface area contributed by atoms with Crippen molar-refractivity contribution in [3.63, 3.8) is 0 Å². The summed E-state index contributed by atoms with van der Waals surface area (Å²) >= 11 is 0. The molecule has 5 nitrogen and oxygen atoms in total. The Kier molecular flexibility index (Phi) is 5.99. The van der Waals surface area contributed by atoms with E-state index in [9.17, 15) is 4.79 Å². The molecule has 140 valence electrons. The molecule has 1 fully saturated rings. The van der Waals surface area contributed by atoms with Crippen molar-refractivity contribution in [2.75, 3.05) is 20.8 Å². The van der Waals surface area contributed by atoms with Gasteiger partial charge < -0.3 is 20.5 Å². The monoisotopic (exact) mass is 348 g/mol. The molecule has 1 aromatic rings. The van der Waals surface area contributed by atoms with E-state index in [1.807, 2.05) is 25.1 Å². The van der Waals surface area contributed by atoms with Crippen molar-refractivity contribution < 1.29 is 14.3 Å². The molecule has 2 atom stereocenters. The number of carbonyl (C=O) groups is 1. The lowest BCUT2D eigenvalue weighted by molar-refractivity contribution is -0.128. The van der Waals surface area contributed by atoms with Crippen LogP contribution in [0.2, 0.25) is 0 Å². The number of carbonyl (C=O) groups excluding carboxylic acids is 1. The number of hydrogen-bond donors (Lipinski definition) is 2. The number of nitrogens with two attached hydrogens (primary N) is 1. The first-order valence-corrected chi connectivity index (χ1v) is 9.00. The average molecular weight is 348 g/mol. The Morgan fingerprint density at radius 2 is 1.96 bits per heavy atom. The van der Waals surface area contributed by atoms with Gasteiger partial charge in [-0.3, -0.25) is 4.79 Å². The molecule has 0 saturated heterocycles. The summed E-state index contributed by atoms with van der Waals surface area (Å²) in [7, 11) is 3.25. The summed E-state index contributed by atoms with van der Waals surface area (Å²) < 4.78 is 10.7. The van der Waals surface area contributed by atoms with Crippen LogP contribution in [0.3, 0.4) is 0 Å². The maximum atomic E-state index is 12.7. The summed E-state index contributed by atoms with van der Waals surface area (Å²) in [6, 6.07) is 5.88. The summed E-state index contributed by atoms with van der Waals surface area (Å²) in [5.74, 6) is 1.36. The number of methoxy groups -OCH3 is 2. The lowest BCUT2D eigenvalue weighted by atomic mass is 9.74. The summed E-state index contributed by atoms with van der Waals surface area (Å²) in [5.41, 5.74) is 6.81. The fourth-order valence-corrected chi connectivity index (χ4v) is 3.58. The molecule has 1 aromatic carbocycles. The third kappa shape index (κ3) is 4.46. The van der Waals surface area contributed by atoms with Crippen LogP contribution in [0.15, 0.2) is 18.2 Å². The first-order valence-electron chi connectivity index (χ1n) is 9.00. The van der Waals surface area contributed by atoms with Gasteiger partial charge in [0.25, 0.3) is 0 Å². The Bertz CT molecular complexity index is 611. The normalized spacial score (nSPS) is 23.8. The van der Waals surface area contributed by atoms with Crippen LogP contribution in [0.4, 0.5) is 0 Å². The molecule has 0 heterocycles. The van der Waals surface area contributed by atoms with E-state index in [1.165, 1.54) is 0 Å². The van der Waals surface area contributed by atoms with Gasteiger partial charge in [-0.15, -0.1) is 0 Å². The number of nitrogens with one attached hydrogen (secondary N) is 1. The second-order valence-corrected chi connectivity index (χ2v) is 7.98. The van der Waals surface area contributed by atoms with Crippen LogP contribution < -0.4 is 20.5 Å². The molecule has 1 aliphatic carbocycles. The largest absolute Gasteiger partial charge is 0.493 e. The van der Waals surface area contributed by atoms with Crippen molar-refractivity contribution >= 4 is 5.91 Å². The molecule has 0 aliphatic heterocycles. The number of rotatable bonds is 6. The predicted molar refractivity (Wildman–Crippen MR) is 100 cm³/mol. The molecule has 0 aromatic heterocycles. The van der Waals surface area contributed by atoms with E-state index in [0.29, 0.717) is 18.0 Å². The summed E-state index contributed by atoms with van der Waals surface area (Å²) in [6.07, 6.45) is 3.96. The topological polar surface area (TPSA) is 73.6 Å². The van der Waals surface area contributed by atoms with E-state index in [1.54, 1.807) is 14.2 Å². The van der Waals surface area contributed by atoms with Crippen LogP contribution in [0.25, 0.3) is 0 Å². The van der Waals surface area contributed by atoms with E-state index < -0.39 is 5.54 Å². The molecule has 1 amide bonds. The first kappa shape index (κ1) is 19.6. The van der Waals surface area contributed by atoms with Gasteiger partial charge in [-0.1, -0.05) is 32.8 Å². The van der Waals surface area contributed by atoms with Crippen molar-refractivity contribution in [2.45, 2.75) is 57.4 Å². The lowest BCUT2D eigenvalue weighted by Gasteiger charge is -2.38. The molecule has 2 rings (SSSR count). The van der Waals surface area contributed by atoms with Gasteiger partial charge in [-0.25, -0.2) is 0 Å². The highest BCUT2D eigenvalue weighted by atomic mass is 16.5. The maximum Gasteiger partial charge on any atom is 0.224 e. The molecular weight excluding hydrogens is 316 g/mol. The summed E-state index contributed by atoms with van der Waals surface area (Å²) in [6.45, 7) is 6.76. The minimum absolute atomic E-state index is 0.0678. The van der Waals surface area contributed by atoms with Crippen molar-refractivity contribution in [2.24, 2.45) is 11.7 Å². The second-order valence-electron chi connectivity index (χ2n) is 7.98. The number of ether oxygens (including phenoxy) is 2. The number of amides is 1. The van der Waals surface area contributed by atoms with Crippen molar-refractivity contribution in [1.82, 2.24) is 5.32 Å². The van der Waals surface area contributed by atoms with Crippen LogP contribution in [-0.2, 0) is 10.2 Å². The van der Waals surface area contributed by atoms with Crippen molar-refractivity contribution in [3.05, 3.63) is 23.8 Å². The molecule has 1 saturated carbocycles. The smallest absolute Gasteiger partial charge is 0.224 e. The Morgan fingerprint density at radius 3 is 2.56 bits per heavy atom. The SMILES string of the molecule is COc1ccc(C(C)(C)CNC(=O)C2CCCCC2(C)N)cc1OC. The van der Waals surface area contributed by atoms with Gasteiger partial charge in [0.2, 0.25) is 5.91 Å². The quantitative estimate of drug-likeness (QED) is 0.829. The van der Waals surface area contributed by atoms with Gasteiger partial charge in [0.05, 0.1) is 20.1 Å². The maximum absolute atomic E-state index is 12.7. The molecular formula is C20H32N2O3. The Labute approximate surface area is 151 Å². The Morgan fingerprint density at radius 1 is 1.28 bits per heavy atom. The van der Waals surface area contributed by atoms with Crippen LogP contribution in [0.5, 0.6) is 11.5 Å². The van der Waals surface area contributed by atoms with Gasteiger partial charge >= 0.3 is 0 Å². The van der Waals surface area contributed by atoms with E-state index in [-0.39, 0.29) is 17.2 Å². The van der Waals surface area contributed by atoms with Crippen molar-refractivity contribution in [1.29, 1.82) is 0 Å². The standard InChI is InChI=1S/C20H32N2O3/c1-19(2,14-9-10-16(24-4)17(12-14)25-5)13-22-18(23)15-8-6-7-11-20(15,3)21/h9-10,12,15H,6-8,11,13,21H2,1-5H3,(H,22,23). The van der Waals surface area contributed by atoms with Crippen LogP contribution in [0, 0.1) is 5.92 Å². The fourth-order valence-electron chi connectivity index (χ4n) is 3.58. The van der Waals surface area contributed by atoms with E-state index in [4.69, 9.17) is 15.2 Å². The summed E-state index contributed by atoms with van der Waals surface area (Å²) in [4.78, 5) is 12.7. The highest BCUT2D eigenvalue weighted by Gasteiger charge is 2.38. The minimum atomic E-state index is -0.407. The minimum Gasteiger partial charge on any atom is -0.493 e. The van der Waals surface area contributed by atoms with E-state index in [0.717, 1.165) is 31.2 Å². The van der Waals surface area contributed by atoms with Gasteiger partial charge in [0.1, 0.15) is 0 Å². The third-order valence-electron chi connectivity index (χ3n) is 5.44. The van der Waals surface area contributed by atoms with E-state index in [2.05, 4.69) is 19.2 Å². The molecule has 0 bridgehead atoms. The Hall–Kier alpha value is -1.75. The zero-order valence-electron chi connectivity index (χ0n) is 16.1. The fraction of sp³-hybridized carbons (Fsp3) is 0.650. The lowest BCUT2D eigenvalue weighted by Crippen LogP contribution is -2.54. The Balaban J connectivity index is 2.07. The average Bonchev–Trinajstić information content (AvgIpc) is 2.58. The van der Waals surface area contributed by atoms with Crippen LogP contribution in [0.1, 0.15) is 52.0 Å². The number of hydrogen-bond acceptors (Lipinski definition) is 4. The molecule has 2 unspecified atom stereocenters. The van der Waals surface area contributed by atoms with E-state index >= 15 is 0 Å². The molecule has 1 aliphatic rings. The van der Waals surface area contributed by atoms with Crippen LogP contribution in [-0.4, -0.2) is 32.2 Å². The first-order chi connectivity index (χ1) is 11.7. The summed E-state index contributed by atoms with van der Waals surface area (Å²) in [5, 5.41) is 3.12. The zero-order valence-corrected chi connectivity index (χ0v) is 16.1. The molecule has 25 heavy (non-hydrogen) atoms.